The molecule has 3 atom stereocenters. The number of hydrogen-bond acceptors (Lipinski definition) is 2. The fourth-order valence-electron chi connectivity index (χ4n) is 3.51. The van der Waals surface area contributed by atoms with Crippen molar-refractivity contribution in [3.63, 3.8) is 0 Å². The number of halogens is 1. The van der Waals surface area contributed by atoms with Crippen molar-refractivity contribution in [2.75, 3.05) is 6.54 Å². The fraction of sp³-hybridized carbons (Fsp3) is 0.625. The summed E-state index contributed by atoms with van der Waals surface area (Å²) in [7, 11) is 0. The highest BCUT2D eigenvalue weighted by atomic mass is 35.5. The van der Waals surface area contributed by atoms with Crippen molar-refractivity contribution in [1.82, 2.24) is 5.32 Å². The van der Waals surface area contributed by atoms with E-state index in [9.17, 15) is 5.11 Å². The van der Waals surface area contributed by atoms with Gasteiger partial charge in [-0.05, 0) is 67.8 Å². The molecule has 104 valence electrons. The van der Waals surface area contributed by atoms with Crippen LogP contribution in [-0.2, 0) is 12.8 Å². The summed E-state index contributed by atoms with van der Waals surface area (Å²) >= 11 is 6.04. The topological polar surface area (TPSA) is 32.3 Å². The minimum absolute atomic E-state index is 0.0693. The van der Waals surface area contributed by atoms with Crippen LogP contribution in [0.1, 0.15) is 36.8 Å². The molecule has 0 aromatic heterocycles. The summed E-state index contributed by atoms with van der Waals surface area (Å²) in [4.78, 5) is 0. The van der Waals surface area contributed by atoms with Crippen LogP contribution in [0.4, 0.5) is 0 Å². The number of hydrogen-bond donors (Lipinski definition) is 2. The first-order chi connectivity index (χ1) is 9.20. The molecule has 19 heavy (non-hydrogen) atoms. The molecular formula is C16H22ClNO. The zero-order valence-electron chi connectivity index (χ0n) is 11.2. The average Bonchev–Trinajstić information content (AvgIpc) is 2.78. The zero-order valence-corrected chi connectivity index (χ0v) is 12.0. The monoisotopic (exact) mass is 279 g/mol. The van der Waals surface area contributed by atoms with Crippen LogP contribution in [0.15, 0.2) is 18.2 Å². The number of aliphatic hydroxyl groups is 1. The van der Waals surface area contributed by atoms with Crippen molar-refractivity contribution in [3.05, 3.63) is 34.3 Å². The van der Waals surface area contributed by atoms with Gasteiger partial charge in [0.1, 0.15) is 0 Å². The van der Waals surface area contributed by atoms with Crippen LogP contribution in [0.3, 0.4) is 0 Å². The van der Waals surface area contributed by atoms with Gasteiger partial charge in [-0.15, -0.1) is 0 Å². The van der Waals surface area contributed by atoms with Crippen molar-refractivity contribution in [2.24, 2.45) is 5.92 Å². The first-order valence-corrected chi connectivity index (χ1v) is 7.77. The minimum atomic E-state index is -0.0693. The maximum absolute atomic E-state index is 9.70. The number of nitrogens with one attached hydrogen (secondary N) is 1. The highest BCUT2D eigenvalue weighted by Gasteiger charge is 2.24. The van der Waals surface area contributed by atoms with Gasteiger partial charge in [0.2, 0.25) is 0 Å². The van der Waals surface area contributed by atoms with Crippen LogP contribution < -0.4 is 5.32 Å². The van der Waals surface area contributed by atoms with Crippen molar-refractivity contribution in [2.45, 2.75) is 50.7 Å². The lowest BCUT2D eigenvalue weighted by atomic mass is 9.87. The Morgan fingerprint density at radius 3 is 2.89 bits per heavy atom. The van der Waals surface area contributed by atoms with E-state index in [1.54, 1.807) is 0 Å². The molecule has 2 aliphatic rings. The van der Waals surface area contributed by atoms with E-state index in [0.29, 0.717) is 12.0 Å². The van der Waals surface area contributed by atoms with E-state index >= 15 is 0 Å². The van der Waals surface area contributed by atoms with Crippen LogP contribution in [0, 0.1) is 5.92 Å². The third-order valence-electron chi connectivity index (χ3n) is 4.55. The maximum atomic E-state index is 9.70. The van der Waals surface area contributed by atoms with Crippen LogP contribution in [0.2, 0.25) is 5.02 Å². The molecule has 0 amide bonds. The van der Waals surface area contributed by atoms with Crippen LogP contribution >= 0.6 is 11.6 Å². The SMILES string of the molecule is OC1CCCC(CNC2Cc3ccc(Cl)cc3C2)C1. The Labute approximate surface area is 120 Å². The van der Waals surface area contributed by atoms with Crippen LogP contribution in [0.25, 0.3) is 0 Å². The molecule has 0 spiro atoms. The predicted octanol–water partition coefficient (Wildman–Crippen LogP) is 2.95. The van der Waals surface area contributed by atoms with Gasteiger partial charge in [-0.25, -0.2) is 0 Å². The van der Waals surface area contributed by atoms with Gasteiger partial charge in [0, 0.05) is 11.1 Å². The van der Waals surface area contributed by atoms with Crippen molar-refractivity contribution < 1.29 is 5.11 Å². The van der Waals surface area contributed by atoms with Gasteiger partial charge < -0.3 is 10.4 Å². The molecule has 0 radical (unpaired) electrons. The first kappa shape index (κ1) is 13.4. The maximum Gasteiger partial charge on any atom is 0.0543 e. The molecule has 0 heterocycles. The van der Waals surface area contributed by atoms with E-state index in [2.05, 4.69) is 17.4 Å². The summed E-state index contributed by atoms with van der Waals surface area (Å²) in [5.41, 5.74) is 2.83. The Morgan fingerprint density at radius 1 is 1.21 bits per heavy atom. The molecule has 2 nitrogen and oxygen atoms in total. The van der Waals surface area contributed by atoms with E-state index < -0.39 is 0 Å². The summed E-state index contributed by atoms with van der Waals surface area (Å²) in [6.45, 7) is 1.05. The highest BCUT2D eigenvalue weighted by Crippen LogP contribution is 2.27. The molecule has 3 heteroatoms. The molecule has 1 aromatic carbocycles. The number of aliphatic hydroxyl groups excluding tert-OH is 1. The third kappa shape index (κ3) is 3.31. The molecule has 2 N–H and O–H groups in total. The van der Waals surface area contributed by atoms with Gasteiger partial charge >= 0.3 is 0 Å². The molecule has 1 aromatic rings. The summed E-state index contributed by atoms with van der Waals surface area (Å²) in [5.74, 6) is 0.649. The zero-order chi connectivity index (χ0) is 13.2. The summed E-state index contributed by atoms with van der Waals surface area (Å²) in [6, 6.07) is 6.79. The van der Waals surface area contributed by atoms with Gasteiger partial charge in [0.05, 0.1) is 6.10 Å². The van der Waals surface area contributed by atoms with Gasteiger partial charge in [0.15, 0.2) is 0 Å². The Bertz CT molecular complexity index is 448. The Morgan fingerprint density at radius 2 is 2.05 bits per heavy atom. The van der Waals surface area contributed by atoms with Crippen molar-refractivity contribution in [3.8, 4) is 0 Å². The molecule has 2 aliphatic carbocycles. The number of benzene rings is 1. The van der Waals surface area contributed by atoms with Gasteiger partial charge in [-0.1, -0.05) is 24.1 Å². The smallest absolute Gasteiger partial charge is 0.0543 e. The lowest BCUT2D eigenvalue weighted by Gasteiger charge is -2.27. The quantitative estimate of drug-likeness (QED) is 0.892. The third-order valence-corrected chi connectivity index (χ3v) is 4.79. The normalized spacial score (nSPS) is 30.3. The second kappa shape index (κ2) is 5.82. The molecule has 0 saturated heterocycles. The Balaban J connectivity index is 1.50. The summed E-state index contributed by atoms with van der Waals surface area (Å²) in [6.07, 6.45) is 6.53. The van der Waals surface area contributed by atoms with E-state index in [0.717, 1.165) is 37.3 Å². The van der Waals surface area contributed by atoms with Gasteiger partial charge in [-0.2, -0.15) is 0 Å². The van der Waals surface area contributed by atoms with Crippen molar-refractivity contribution >= 4 is 11.6 Å². The summed E-state index contributed by atoms with van der Waals surface area (Å²) in [5, 5.41) is 14.2. The lowest BCUT2D eigenvalue weighted by Crippen LogP contribution is -2.36. The summed E-state index contributed by atoms with van der Waals surface area (Å²) < 4.78 is 0. The molecule has 3 unspecified atom stereocenters. The lowest BCUT2D eigenvalue weighted by molar-refractivity contribution is 0.0997. The van der Waals surface area contributed by atoms with E-state index in [1.807, 2.05) is 6.07 Å². The molecule has 0 bridgehead atoms. The van der Waals surface area contributed by atoms with E-state index in [1.165, 1.54) is 24.0 Å². The highest BCUT2D eigenvalue weighted by molar-refractivity contribution is 6.30. The van der Waals surface area contributed by atoms with Gasteiger partial charge in [-0.3, -0.25) is 0 Å². The van der Waals surface area contributed by atoms with Crippen LogP contribution in [-0.4, -0.2) is 23.8 Å². The van der Waals surface area contributed by atoms with Crippen LogP contribution in [0.5, 0.6) is 0 Å². The second-order valence-electron chi connectivity index (χ2n) is 6.11. The number of rotatable bonds is 3. The number of fused-ring (bicyclic) bond motifs is 1. The molecule has 1 fully saturated rings. The van der Waals surface area contributed by atoms with Crippen molar-refractivity contribution in [1.29, 1.82) is 0 Å². The second-order valence-corrected chi connectivity index (χ2v) is 6.55. The molecular weight excluding hydrogens is 258 g/mol. The van der Waals surface area contributed by atoms with E-state index in [-0.39, 0.29) is 6.10 Å². The Hall–Kier alpha value is -0.570. The van der Waals surface area contributed by atoms with E-state index in [4.69, 9.17) is 11.6 Å². The largest absolute Gasteiger partial charge is 0.393 e. The molecule has 3 rings (SSSR count). The fourth-order valence-corrected chi connectivity index (χ4v) is 3.71. The first-order valence-electron chi connectivity index (χ1n) is 7.39. The average molecular weight is 280 g/mol. The minimum Gasteiger partial charge on any atom is -0.393 e. The standard InChI is InChI=1S/C16H22ClNO/c17-14-5-4-12-8-15(9-13(12)7-14)18-10-11-2-1-3-16(19)6-11/h4-5,7,11,15-16,18-19H,1-3,6,8-10H2. The van der Waals surface area contributed by atoms with Gasteiger partial charge in [0.25, 0.3) is 0 Å². The Kier molecular flexibility index (Phi) is 4.11. The molecule has 1 saturated carbocycles. The predicted molar refractivity (Wildman–Crippen MR) is 78.6 cm³/mol. The molecule has 0 aliphatic heterocycles.